The summed E-state index contributed by atoms with van der Waals surface area (Å²) in [6.45, 7) is 7.82. The third-order valence-electron chi connectivity index (χ3n) is 4.80. The first-order valence-electron chi connectivity index (χ1n) is 10.2. The first kappa shape index (κ1) is 23.5. The van der Waals surface area contributed by atoms with Crippen LogP contribution in [0.4, 0.5) is 5.69 Å². The zero-order valence-corrected chi connectivity index (χ0v) is 19.8. The highest BCUT2D eigenvalue weighted by molar-refractivity contribution is 8.00. The maximum atomic E-state index is 13.0. The van der Waals surface area contributed by atoms with Crippen molar-refractivity contribution in [1.29, 1.82) is 0 Å². The zero-order valence-electron chi connectivity index (χ0n) is 19.0. The van der Waals surface area contributed by atoms with Gasteiger partial charge in [0.15, 0.2) is 5.65 Å². The average molecular weight is 458 g/mol. The van der Waals surface area contributed by atoms with E-state index in [1.807, 2.05) is 13.8 Å². The molecule has 1 aromatic carbocycles. The lowest BCUT2D eigenvalue weighted by Crippen LogP contribution is -2.39. The smallest absolute Gasteiger partial charge is 0.332 e. The quantitative estimate of drug-likeness (QED) is 0.429. The molecular weight excluding hydrogens is 430 g/mol. The zero-order chi connectivity index (χ0) is 23.6. The van der Waals surface area contributed by atoms with Crippen molar-refractivity contribution in [2.75, 3.05) is 12.4 Å². The number of rotatable bonds is 7. The van der Waals surface area contributed by atoms with E-state index in [0.29, 0.717) is 34.5 Å². The van der Waals surface area contributed by atoms with Gasteiger partial charge in [-0.3, -0.25) is 18.7 Å². The fourth-order valence-corrected chi connectivity index (χ4v) is 4.20. The molecule has 0 spiro atoms. The molecule has 0 aliphatic rings. The minimum atomic E-state index is -0.561. The lowest BCUT2D eigenvalue weighted by molar-refractivity contribution is -0.115. The molecule has 1 amide bonds. The Morgan fingerprint density at radius 3 is 2.59 bits per heavy atom. The maximum Gasteiger partial charge on any atom is 0.332 e. The molecular formula is C22H27N5O4S. The topological polar surface area (TPSA) is 108 Å². The number of amides is 1. The van der Waals surface area contributed by atoms with Crippen molar-refractivity contribution in [3.63, 3.8) is 0 Å². The molecule has 3 rings (SSSR count). The Bertz CT molecular complexity index is 1280. The van der Waals surface area contributed by atoms with Crippen LogP contribution in [0.3, 0.4) is 0 Å². The second-order valence-corrected chi connectivity index (χ2v) is 9.24. The normalized spacial score (nSPS) is 12.2. The predicted molar refractivity (Wildman–Crippen MR) is 126 cm³/mol. The van der Waals surface area contributed by atoms with Gasteiger partial charge in [-0.05, 0) is 31.9 Å². The molecule has 0 fully saturated rings. The maximum absolute atomic E-state index is 13.0. The van der Waals surface area contributed by atoms with Crippen LogP contribution < -0.4 is 21.3 Å². The molecule has 9 nitrogen and oxygen atoms in total. The number of benzene rings is 1. The Kier molecular flexibility index (Phi) is 7.02. The van der Waals surface area contributed by atoms with E-state index in [4.69, 9.17) is 4.74 Å². The first-order chi connectivity index (χ1) is 15.1. The molecule has 0 saturated carbocycles. The molecule has 2 heterocycles. The molecule has 0 bridgehead atoms. The first-order valence-corrected chi connectivity index (χ1v) is 11.1. The predicted octanol–water partition coefficient (Wildman–Crippen LogP) is 2.58. The average Bonchev–Trinajstić information content (AvgIpc) is 2.74. The van der Waals surface area contributed by atoms with Crippen LogP contribution in [0.25, 0.3) is 11.0 Å². The van der Waals surface area contributed by atoms with Gasteiger partial charge in [0.2, 0.25) is 5.91 Å². The van der Waals surface area contributed by atoms with Crippen LogP contribution in [0.5, 0.6) is 5.75 Å². The van der Waals surface area contributed by atoms with Gasteiger partial charge in [0.1, 0.15) is 22.0 Å². The Balaban J connectivity index is 2.01. The van der Waals surface area contributed by atoms with Crippen molar-refractivity contribution in [3.8, 4) is 5.75 Å². The van der Waals surface area contributed by atoms with Gasteiger partial charge in [-0.15, -0.1) is 0 Å². The van der Waals surface area contributed by atoms with Crippen LogP contribution in [-0.4, -0.2) is 37.4 Å². The largest absolute Gasteiger partial charge is 0.497 e. The summed E-state index contributed by atoms with van der Waals surface area (Å²) < 4.78 is 7.75. The third-order valence-corrected chi connectivity index (χ3v) is 5.89. The van der Waals surface area contributed by atoms with Gasteiger partial charge in [0.05, 0.1) is 12.4 Å². The lowest BCUT2D eigenvalue weighted by Gasteiger charge is -2.17. The number of thioether (sulfide) groups is 1. The van der Waals surface area contributed by atoms with Gasteiger partial charge >= 0.3 is 5.69 Å². The highest BCUT2D eigenvalue weighted by Crippen LogP contribution is 2.28. The van der Waals surface area contributed by atoms with Crippen LogP contribution >= 0.6 is 11.8 Å². The summed E-state index contributed by atoms with van der Waals surface area (Å²) in [6, 6.07) is 7.06. The number of nitrogens with one attached hydrogen (secondary N) is 1. The van der Waals surface area contributed by atoms with Crippen LogP contribution in [-0.2, 0) is 18.4 Å². The molecule has 0 aliphatic carbocycles. The summed E-state index contributed by atoms with van der Waals surface area (Å²) in [5.74, 6) is 0.977. The van der Waals surface area contributed by atoms with E-state index < -0.39 is 16.5 Å². The summed E-state index contributed by atoms with van der Waals surface area (Å²) in [6.07, 6.45) is 0. The molecule has 3 aromatic rings. The number of aryl methyl sites for hydroxylation is 1. The van der Waals surface area contributed by atoms with E-state index in [0.717, 1.165) is 16.3 Å². The fraction of sp³-hybridized carbons (Fsp3) is 0.409. The van der Waals surface area contributed by atoms with Crippen molar-refractivity contribution < 1.29 is 9.53 Å². The van der Waals surface area contributed by atoms with E-state index >= 15 is 0 Å². The molecule has 0 aliphatic heterocycles. The standard InChI is InChI=1S/C22H27N5O4S/c1-12(2)11-27-18-17(21(29)26(5)22(27)30)20(24-14(4)23-18)32-13(3)19(28)25-15-8-7-9-16(10-15)31-6/h7-10,12-13H,11H2,1-6H3,(H,25,28). The Morgan fingerprint density at radius 1 is 1.22 bits per heavy atom. The summed E-state index contributed by atoms with van der Waals surface area (Å²) in [4.78, 5) is 47.3. The van der Waals surface area contributed by atoms with Crippen LogP contribution in [0.1, 0.15) is 26.6 Å². The highest BCUT2D eigenvalue weighted by Gasteiger charge is 2.22. The van der Waals surface area contributed by atoms with Gasteiger partial charge in [-0.25, -0.2) is 14.8 Å². The van der Waals surface area contributed by atoms with Gasteiger partial charge < -0.3 is 10.1 Å². The molecule has 2 aromatic heterocycles. The van der Waals surface area contributed by atoms with Crippen LogP contribution in [0, 0.1) is 12.8 Å². The molecule has 1 N–H and O–H groups in total. The molecule has 0 radical (unpaired) electrons. The van der Waals surface area contributed by atoms with Gasteiger partial charge in [0.25, 0.3) is 5.56 Å². The van der Waals surface area contributed by atoms with E-state index in [1.54, 1.807) is 45.2 Å². The molecule has 1 atom stereocenters. The number of hydrogen-bond acceptors (Lipinski definition) is 7. The number of ether oxygens (including phenoxy) is 1. The lowest BCUT2D eigenvalue weighted by atomic mass is 10.2. The van der Waals surface area contributed by atoms with Crippen molar-refractivity contribution >= 4 is 34.4 Å². The molecule has 0 saturated heterocycles. The van der Waals surface area contributed by atoms with E-state index in [1.165, 1.54) is 11.6 Å². The number of anilines is 1. The highest BCUT2D eigenvalue weighted by atomic mass is 32.2. The van der Waals surface area contributed by atoms with Gasteiger partial charge in [-0.2, -0.15) is 0 Å². The number of methoxy groups -OCH3 is 1. The number of nitrogens with zero attached hydrogens (tertiary/aromatic N) is 4. The molecule has 10 heteroatoms. The van der Waals surface area contributed by atoms with E-state index in [9.17, 15) is 14.4 Å². The Morgan fingerprint density at radius 2 is 1.94 bits per heavy atom. The van der Waals surface area contributed by atoms with Crippen molar-refractivity contribution in [2.24, 2.45) is 13.0 Å². The van der Waals surface area contributed by atoms with Crippen molar-refractivity contribution in [2.45, 2.75) is 44.5 Å². The summed E-state index contributed by atoms with van der Waals surface area (Å²) in [7, 11) is 3.00. The minimum absolute atomic E-state index is 0.173. The Labute approximate surface area is 189 Å². The minimum Gasteiger partial charge on any atom is -0.497 e. The summed E-state index contributed by atoms with van der Waals surface area (Å²) in [5, 5.41) is 2.90. The fourth-order valence-electron chi connectivity index (χ4n) is 3.22. The summed E-state index contributed by atoms with van der Waals surface area (Å²) >= 11 is 1.16. The van der Waals surface area contributed by atoms with E-state index in [2.05, 4.69) is 15.3 Å². The third kappa shape index (κ3) is 4.85. The summed E-state index contributed by atoms with van der Waals surface area (Å²) in [5.41, 5.74) is -0.00334. The van der Waals surface area contributed by atoms with Crippen LogP contribution in [0.2, 0.25) is 0 Å². The molecule has 1 unspecified atom stereocenters. The van der Waals surface area contributed by atoms with Crippen molar-refractivity contribution in [1.82, 2.24) is 19.1 Å². The van der Waals surface area contributed by atoms with Gasteiger partial charge in [0, 0.05) is 25.3 Å². The van der Waals surface area contributed by atoms with Crippen LogP contribution in [0.15, 0.2) is 38.9 Å². The molecule has 32 heavy (non-hydrogen) atoms. The number of carbonyl (C=O) groups is 1. The number of hydrogen-bond donors (Lipinski definition) is 1. The number of fused-ring (bicyclic) bond motifs is 1. The SMILES string of the molecule is COc1cccc(NC(=O)C(C)Sc2nc(C)nc3c2c(=O)n(C)c(=O)n3CC(C)C)c1. The second kappa shape index (κ2) is 9.56. The Hall–Kier alpha value is -3.14. The number of aromatic nitrogens is 4. The number of carbonyl (C=O) groups excluding carboxylic acids is 1. The monoisotopic (exact) mass is 457 g/mol. The van der Waals surface area contributed by atoms with Crippen molar-refractivity contribution in [3.05, 3.63) is 50.9 Å². The second-order valence-electron chi connectivity index (χ2n) is 7.91. The van der Waals surface area contributed by atoms with Gasteiger partial charge in [-0.1, -0.05) is 31.7 Å². The van der Waals surface area contributed by atoms with E-state index in [-0.39, 0.29) is 17.2 Å². The molecule has 170 valence electrons.